The number of allylic oxidation sites excluding steroid dienone is 3. The van der Waals surface area contributed by atoms with E-state index in [1.54, 1.807) is 17.2 Å². The third kappa shape index (κ3) is 6.13. The maximum atomic E-state index is 13.8. The summed E-state index contributed by atoms with van der Waals surface area (Å²) in [6.07, 6.45) is 10.0. The summed E-state index contributed by atoms with van der Waals surface area (Å²) in [5.74, 6) is 0.801. The number of hydrogen-bond acceptors (Lipinski definition) is 9. The van der Waals surface area contributed by atoms with Gasteiger partial charge in [-0.1, -0.05) is 13.8 Å². The molecule has 12 nitrogen and oxygen atoms in total. The maximum Gasteiger partial charge on any atom is 0.276 e. The number of rotatable bonds is 10. The summed E-state index contributed by atoms with van der Waals surface area (Å²) >= 11 is 0. The van der Waals surface area contributed by atoms with Gasteiger partial charge in [-0.2, -0.15) is 0 Å². The molecule has 6 heterocycles. The number of hydrogen-bond donors (Lipinski definition) is 2. The van der Waals surface area contributed by atoms with E-state index in [1.165, 1.54) is 17.5 Å². The summed E-state index contributed by atoms with van der Waals surface area (Å²) in [6, 6.07) is 8.29. The minimum absolute atomic E-state index is 0.171. The Balaban J connectivity index is 1.08. The summed E-state index contributed by atoms with van der Waals surface area (Å²) in [6.45, 7) is 13.0. The van der Waals surface area contributed by atoms with Gasteiger partial charge in [0.2, 0.25) is 6.41 Å². The van der Waals surface area contributed by atoms with Crippen molar-refractivity contribution in [3.8, 4) is 0 Å². The van der Waals surface area contributed by atoms with Crippen molar-refractivity contribution < 1.29 is 19.1 Å². The highest BCUT2D eigenvalue weighted by molar-refractivity contribution is 6.08. The first-order valence-corrected chi connectivity index (χ1v) is 16.6. The van der Waals surface area contributed by atoms with Gasteiger partial charge in [-0.3, -0.25) is 24.2 Å². The molecule has 0 radical (unpaired) electrons. The van der Waals surface area contributed by atoms with Gasteiger partial charge in [0.1, 0.15) is 17.3 Å². The van der Waals surface area contributed by atoms with Crippen molar-refractivity contribution in [3.05, 3.63) is 82.7 Å². The first kappa shape index (κ1) is 31.8. The lowest BCUT2D eigenvalue weighted by Crippen LogP contribution is -2.56. The lowest BCUT2D eigenvalue weighted by atomic mass is 9.90. The number of piperazine rings is 1. The topological polar surface area (TPSA) is 125 Å². The Morgan fingerprint density at radius 2 is 1.83 bits per heavy atom. The van der Waals surface area contributed by atoms with Crippen molar-refractivity contribution in [1.82, 2.24) is 24.8 Å². The number of aromatic nitrogens is 3. The number of anilines is 3. The number of pyridine rings is 2. The number of aldehydes is 1. The normalized spacial score (nSPS) is 19.9. The van der Waals surface area contributed by atoms with Crippen molar-refractivity contribution in [2.45, 2.75) is 46.2 Å². The number of ether oxygens (including phenoxy) is 1. The molecule has 0 spiro atoms. The van der Waals surface area contributed by atoms with Crippen LogP contribution in [0.2, 0.25) is 0 Å². The molecule has 2 fully saturated rings. The molecule has 3 aliphatic heterocycles. The second-order valence-electron chi connectivity index (χ2n) is 13.8. The van der Waals surface area contributed by atoms with Crippen LogP contribution >= 0.6 is 0 Å². The fraction of sp³-hybridized carbons (Fsp3) is 0.417. The predicted molar refractivity (Wildman–Crippen MR) is 184 cm³/mol. The number of amides is 2. The molecule has 2 saturated heterocycles. The highest BCUT2D eigenvalue weighted by Gasteiger charge is 2.37. The van der Waals surface area contributed by atoms with Crippen LogP contribution in [0.15, 0.2) is 54.6 Å². The zero-order valence-electron chi connectivity index (χ0n) is 27.7. The van der Waals surface area contributed by atoms with Crippen LogP contribution in [0.4, 0.5) is 17.3 Å². The lowest BCUT2D eigenvalue weighted by molar-refractivity contribution is -0.108. The van der Waals surface area contributed by atoms with Crippen LogP contribution in [0.1, 0.15) is 58.4 Å². The van der Waals surface area contributed by atoms with E-state index in [2.05, 4.69) is 54.9 Å². The second-order valence-corrected chi connectivity index (χ2v) is 13.8. The number of nitrogens with zero attached hydrogens (tertiary/aromatic N) is 6. The van der Waals surface area contributed by atoms with Gasteiger partial charge < -0.3 is 24.8 Å². The molecule has 250 valence electrons. The average Bonchev–Trinajstić information content (AvgIpc) is 3.55. The molecule has 2 amide bonds. The fourth-order valence-corrected chi connectivity index (χ4v) is 7.38. The van der Waals surface area contributed by atoms with E-state index in [4.69, 9.17) is 4.74 Å². The molecule has 4 aliphatic rings. The molecular formula is C36H42N8O4. The average molecular weight is 651 g/mol. The Kier molecular flexibility index (Phi) is 8.61. The van der Waals surface area contributed by atoms with Gasteiger partial charge in [-0.15, -0.1) is 0 Å². The van der Waals surface area contributed by atoms with Crippen LogP contribution in [0.5, 0.6) is 0 Å². The van der Waals surface area contributed by atoms with E-state index in [9.17, 15) is 14.4 Å². The van der Waals surface area contributed by atoms with Crippen LogP contribution in [-0.2, 0) is 28.9 Å². The van der Waals surface area contributed by atoms with E-state index in [-0.39, 0.29) is 16.9 Å². The van der Waals surface area contributed by atoms with Crippen LogP contribution in [0, 0.1) is 5.41 Å². The zero-order valence-corrected chi connectivity index (χ0v) is 27.7. The Labute approximate surface area is 280 Å². The summed E-state index contributed by atoms with van der Waals surface area (Å²) in [4.78, 5) is 53.4. The minimum Gasteiger partial charge on any atom is -0.378 e. The molecule has 0 aromatic carbocycles. The Hall–Kier alpha value is -4.81. The fourth-order valence-electron chi connectivity index (χ4n) is 7.38. The standard InChI is InChI=1S/C36H42N8O4/c1-24(40-33-5-4-27(19-39-33)41-8-10-42(11-9-41)28-21-48-22-28)14-26(18-37-23-46)29-6-7-38-34(30(29)20-45)44-13-12-43-31(35(44)47)15-25-16-36(2,3)17-32(25)43/h4-7,14-15,18-20,23,28H,8-13,16-17,21-22H2,1-3H3,(H,37,46)(H,39,40)/b24-14+,26-18+. The SMILES string of the molecule is C/C(=C\C(=C/NC=O)c1ccnc(N2CCn3c(cc4c3CC(C)(C)C4)C2=O)c1C=O)Nc1ccc(N2CCN(C3COC3)CC2)cn1. The molecule has 48 heavy (non-hydrogen) atoms. The Morgan fingerprint density at radius 1 is 1.02 bits per heavy atom. The third-order valence-electron chi connectivity index (χ3n) is 9.85. The van der Waals surface area contributed by atoms with Gasteiger partial charge in [-0.05, 0) is 66.6 Å². The molecule has 0 bridgehead atoms. The molecule has 0 unspecified atom stereocenters. The molecule has 0 saturated carbocycles. The maximum absolute atomic E-state index is 13.8. The van der Waals surface area contributed by atoms with Crippen LogP contribution in [-0.4, -0.2) is 90.0 Å². The molecule has 3 aromatic rings. The number of carbonyl (C=O) groups excluding carboxylic acids is 3. The zero-order chi connectivity index (χ0) is 33.4. The van der Waals surface area contributed by atoms with Crippen LogP contribution in [0.3, 0.4) is 0 Å². The molecule has 7 rings (SSSR count). The smallest absolute Gasteiger partial charge is 0.276 e. The van der Waals surface area contributed by atoms with E-state index in [1.807, 2.05) is 31.3 Å². The molecule has 3 aromatic heterocycles. The lowest BCUT2D eigenvalue weighted by Gasteiger charge is -2.43. The van der Waals surface area contributed by atoms with Crippen molar-refractivity contribution in [3.63, 3.8) is 0 Å². The van der Waals surface area contributed by atoms with E-state index < -0.39 is 0 Å². The van der Waals surface area contributed by atoms with Gasteiger partial charge in [0.25, 0.3) is 5.91 Å². The highest BCUT2D eigenvalue weighted by Crippen LogP contribution is 2.40. The summed E-state index contributed by atoms with van der Waals surface area (Å²) in [5, 5.41) is 5.94. The second kappa shape index (κ2) is 13.0. The van der Waals surface area contributed by atoms with Gasteiger partial charge in [0, 0.05) is 68.6 Å². The van der Waals surface area contributed by atoms with Crippen molar-refractivity contribution >= 4 is 41.5 Å². The van der Waals surface area contributed by atoms with Crippen LogP contribution < -0.4 is 20.4 Å². The minimum atomic E-state index is -0.171. The first-order valence-electron chi connectivity index (χ1n) is 16.6. The summed E-state index contributed by atoms with van der Waals surface area (Å²) < 4.78 is 7.49. The molecule has 1 aliphatic carbocycles. The van der Waals surface area contributed by atoms with Gasteiger partial charge in [0.05, 0.1) is 36.7 Å². The van der Waals surface area contributed by atoms with Crippen LogP contribution in [0.25, 0.3) is 5.57 Å². The molecule has 0 atom stereocenters. The number of carbonyl (C=O) groups is 3. The third-order valence-corrected chi connectivity index (χ3v) is 9.85. The van der Waals surface area contributed by atoms with E-state index in [0.29, 0.717) is 54.0 Å². The Bertz CT molecular complexity index is 1780. The van der Waals surface area contributed by atoms with Crippen molar-refractivity contribution in [2.24, 2.45) is 5.41 Å². The van der Waals surface area contributed by atoms with Crippen molar-refractivity contribution in [1.29, 1.82) is 0 Å². The largest absolute Gasteiger partial charge is 0.378 e. The molecule has 12 heteroatoms. The van der Waals surface area contributed by atoms with Gasteiger partial charge in [0.15, 0.2) is 6.29 Å². The quantitative estimate of drug-likeness (QED) is 0.251. The van der Waals surface area contributed by atoms with Gasteiger partial charge >= 0.3 is 0 Å². The first-order chi connectivity index (χ1) is 23.2. The Morgan fingerprint density at radius 3 is 2.52 bits per heavy atom. The van der Waals surface area contributed by atoms with Gasteiger partial charge in [-0.25, -0.2) is 9.97 Å². The molecular weight excluding hydrogens is 608 g/mol. The molecule has 2 N–H and O–H groups in total. The van der Waals surface area contributed by atoms with Crippen molar-refractivity contribution in [2.75, 3.05) is 61.1 Å². The predicted octanol–water partition coefficient (Wildman–Crippen LogP) is 3.50. The summed E-state index contributed by atoms with van der Waals surface area (Å²) in [7, 11) is 0. The van der Waals surface area contributed by atoms with E-state index in [0.717, 1.165) is 69.9 Å². The summed E-state index contributed by atoms with van der Waals surface area (Å²) in [5.41, 5.74) is 6.48. The number of fused-ring (bicyclic) bond motifs is 3. The number of nitrogens with one attached hydrogen (secondary N) is 2. The monoisotopic (exact) mass is 650 g/mol. The highest BCUT2D eigenvalue weighted by atomic mass is 16.5. The van der Waals surface area contributed by atoms with E-state index >= 15 is 0 Å².